The molecule has 0 bridgehead atoms. The first kappa shape index (κ1) is 8.68. The molecular formula is C12H13N3. The number of hydrogen-bond acceptors (Lipinski definition) is 2. The summed E-state index contributed by atoms with van der Waals surface area (Å²) in [5.41, 5.74) is 4.86. The average Bonchev–Trinajstić information content (AvgIpc) is 2.74. The molecule has 0 saturated carbocycles. The highest BCUT2D eigenvalue weighted by Crippen LogP contribution is 2.25. The normalized spacial score (nSPS) is 16.7. The molecule has 0 radical (unpaired) electrons. The molecule has 0 amide bonds. The quantitative estimate of drug-likeness (QED) is 0.737. The molecule has 0 spiro atoms. The predicted molar refractivity (Wildman–Crippen MR) is 61.6 cm³/mol. The van der Waals surface area contributed by atoms with Gasteiger partial charge in [-0.05, 0) is 30.7 Å². The maximum Gasteiger partial charge on any atom is 0.0953 e. The summed E-state index contributed by atoms with van der Waals surface area (Å²) in [6, 6.07) is 4.02. The van der Waals surface area contributed by atoms with Crippen LogP contribution in [0.2, 0.25) is 0 Å². The molecular weight excluding hydrogens is 186 g/mol. The Bertz CT molecular complexity index is 510. The first-order valence-corrected chi connectivity index (χ1v) is 5.27. The van der Waals surface area contributed by atoms with E-state index in [2.05, 4.69) is 33.6 Å². The van der Waals surface area contributed by atoms with Crippen LogP contribution in [0, 0.1) is 0 Å². The van der Waals surface area contributed by atoms with Crippen LogP contribution < -0.4 is 5.32 Å². The van der Waals surface area contributed by atoms with E-state index in [0.717, 1.165) is 30.5 Å². The van der Waals surface area contributed by atoms with Gasteiger partial charge in [0.1, 0.15) is 0 Å². The molecule has 3 heteroatoms. The van der Waals surface area contributed by atoms with E-state index in [-0.39, 0.29) is 0 Å². The highest BCUT2D eigenvalue weighted by atomic mass is 14.9. The van der Waals surface area contributed by atoms with Gasteiger partial charge in [0, 0.05) is 24.5 Å². The van der Waals surface area contributed by atoms with Gasteiger partial charge >= 0.3 is 0 Å². The molecule has 2 aromatic heterocycles. The zero-order chi connectivity index (χ0) is 10.1. The molecule has 1 aliphatic heterocycles. The number of nitrogens with one attached hydrogen (secondary N) is 2. The molecule has 3 nitrogen and oxygen atoms in total. The monoisotopic (exact) mass is 199 g/mol. The third-order valence-electron chi connectivity index (χ3n) is 2.84. The molecule has 0 atom stereocenters. The Morgan fingerprint density at radius 2 is 2.33 bits per heavy atom. The lowest BCUT2D eigenvalue weighted by Crippen LogP contribution is -2.19. The Morgan fingerprint density at radius 3 is 3.20 bits per heavy atom. The van der Waals surface area contributed by atoms with Crippen molar-refractivity contribution in [2.75, 3.05) is 13.1 Å². The summed E-state index contributed by atoms with van der Waals surface area (Å²) in [4.78, 5) is 7.69. The van der Waals surface area contributed by atoms with Gasteiger partial charge in [0.2, 0.25) is 0 Å². The minimum absolute atomic E-state index is 0.967. The van der Waals surface area contributed by atoms with Gasteiger partial charge in [0.25, 0.3) is 0 Å². The van der Waals surface area contributed by atoms with Crippen molar-refractivity contribution in [3.8, 4) is 0 Å². The minimum atomic E-state index is 0.967. The van der Waals surface area contributed by atoms with Gasteiger partial charge < -0.3 is 10.3 Å². The van der Waals surface area contributed by atoms with Gasteiger partial charge in [-0.1, -0.05) is 6.08 Å². The maximum absolute atomic E-state index is 4.42. The van der Waals surface area contributed by atoms with E-state index in [0.29, 0.717) is 0 Å². The van der Waals surface area contributed by atoms with Gasteiger partial charge in [0.05, 0.1) is 11.0 Å². The average molecular weight is 199 g/mol. The van der Waals surface area contributed by atoms with Crippen LogP contribution in [-0.4, -0.2) is 23.1 Å². The van der Waals surface area contributed by atoms with E-state index in [1.54, 1.807) is 0 Å². The third kappa shape index (κ3) is 1.45. The van der Waals surface area contributed by atoms with Gasteiger partial charge in [-0.2, -0.15) is 0 Å². The summed E-state index contributed by atoms with van der Waals surface area (Å²) >= 11 is 0. The SMILES string of the molecule is C1=C(c2c[nH]c3cccnc23)CCNC1. The second-order valence-electron chi connectivity index (χ2n) is 3.79. The molecule has 0 aliphatic carbocycles. The topological polar surface area (TPSA) is 40.7 Å². The van der Waals surface area contributed by atoms with Crippen molar-refractivity contribution in [2.45, 2.75) is 6.42 Å². The van der Waals surface area contributed by atoms with Crippen LogP contribution in [0.25, 0.3) is 16.6 Å². The fraction of sp³-hybridized carbons (Fsp3) is 0.250. The summed E-state index contributed by atoms with van der Waals surface area (Å²) in [7, 11) is 0. The molecule has 1 aliphatic rings. The zero-order valence-electron chi connectivity index (χ0n) is 8.46. The lowest BCUT2D eigenvalue weighted by molar-refractivity contribution is 0.739. The fourth-order valence-corrected chi connectivity index (χ4v) is 2.07. The summed E-state index contributed by atoms with van der Waals surface area (Å²) in [6.07, 6.45) is 7.25. The van der Waals surface area contributed by atoms with Crippen LogP contribution in [0.4, 0.5) is 0 Å². The number of H-pyrrole nitrogens is 1. The summed E-state index contributed by atoms with van der Waals surface area (Å²) in [5, 5.41) is 3.32. The van der Waals surface area contributed by atoms with E-state index in [9.17, 15) is 0 Å². The van der Waals surface area contributed by atoms with Crippen LogP contribution in [0.5, 0.6) is 0 Å². The number of fused-ring (bicyclic) bond motifs is 1. The van der Waals surface area contributed by atoms with E-state index in [4.69, 9.17) is 0 Å². The summed E-state index contributed by atoms with van der Waals surface area (Å²) < 4.78 is 0. The van der Waals surface area contributed by atoms with Crippen molar-refractivity contribution in [3.05, 3.63) is 36.2 Å². The van der Waals surface area contributed by atoms with Gasteiger partial charge in [-0.15, -0.1) is 0 Å². The Morgan fingerprint density at radius 1 is 1.33 bits per heavy atom. The fourth-order valence-electron chi connectivity index (χ4n) is 2.07. The molecule has 3 rings (SSSR count). The van der Waals surface area contributed by atoms with Crippen LogP contribution in [0.15, 0.2) is 30.6 Å². The Labute approximate surface area is 88.2 Å². The molecule has 0 saturated heterocycles. The van der Waals surface area contributed by atoms with Crippen molar-refractivity contribution in [3.63, 3.8) is 0 Å². The Balaban J connectivity index is 2.14. The lowest BCUT2D eigenvalue weighted by Gasteiger charge is -2.12. The highest BCUT2D eigenvalue weighted by molar-refractivity contribution is 5.89. The molecule has 3 heterocycles. The zero-order valence-corrected chi connectivity index (χ0v) is 8.46. The van der Waals surface area contributed by atoms with E-state index in [1.165, 1.54) is 11.1 Å². The predicted octanol–water partition coefficient (Wildman–Crippen LogP) is 1.94. The second-order valence-corrected chi connectivity index (χ2v) is 3.79. The van der Waals surface area contributed by atoms with Crippen LogP contribution in [0.3, 0.4) is 0 Å². The van der Waals surface area contributed by atoms with Crippen LogP contribution in [-0.2, 0) is 0 Å². The van der Waals surface area contributed by atoms with Gasteiger partial charge in [-0.25, -0.2) is 0 Å². The lowest BCUT2D eigenvalue weighted by atomic mass is 10.0. The van der Waals surface area contributed by atoms with Crippen molar-refractivity contribution < 1.29 is 0 Å². The maximum atomic E-state index is 4.42. The molecule has 0 unspecified atom stereocenters. The number of nitrogens with zero attached hydrogens (tertiary/aromatic N) is 1. The molecule has 2 N–H and O–H groups in total. The molecule has 76 valence electrons. The first-order chi connectivity index (χ1) is 7.45. The van der Waals surface area contributed by atoms with E-state index < -0.39 is 0 Å². The Hall–Kier alpha value is -1.61. The van der Waals surface area contributed by atoms with Crippen molar-refractivity contribution in [1.29, 1.82) is 0 Å². The minimum Gasteiger partial charge on any atom is -0.359 e. The highest BCUT2D eigenvalue weighted by Gasteiger charge is 2.10. The van der Waals surface area contributed by atoms with Crippen molar-refractivity contribution in [2.24, 2.45) is 0 Å². The van der Waals surface area contributed by atoms with Crippen LogP contribution >= 0.6 is 0 Å². The first-order valence-electron chi connectivity index (χ1n) is 5.27. The largest absolute Gasteiger partial charge is 0.359 e. The summed E-state index contributed by atoms with van der Waals surface area (Å²) in [6.45, 7) is 2.03. The van der Waals surface area contributed by atoms with E-state index in [1.807, 2.05) is 12.3 Å². The number of hydrogen-bond donors (Lipinski definition) is 2. The van der Waals surface area contributed by atoms with Gasteiger partial charge in [-0.3, -0.25) is 4.98 Å². The van der Waals surface area contributed by atoms with Crippen LogP contribution in [0.1, 0.15) is 12.0 Å². The standard InChI is InChI=1S/C12H13N3/c1-2-11-12(14-5-1)10(8-15-11)9-3-6-13-7-4-9/h1-3,5,8,13,15H,4,6-7H2. The van der Waals surface area contributed by atoms with Gasteiger partial charge in [0.15, 0.2) is 0 Å². The second kappa shape index (κ2) is 3.51. The third-order valence-corrected chi connectivity index (χ3v) is 2.84. The Kier molecular flexibility index (Phi) is 2.03. The number of aromatic nitrogens is 2. The van der Waals surface area contributed by atoms with E-state index >= 15 is 0 Å². The van der Waals surface area contributed by atoms with Crippen molar-refractivity contribution in [1.82, 2.24) is 15.3 Å². The summed E-state index contributed by atoms with van der Waals surface area (Å²) in [5.74, 6) is 0. The number of rotatable bonds is 1. The van der Waals surface area contributed by atoms with Crippen molar-refractivity contribution >= 4 is 16.6 Å². The molecule has 15 heavy (non-hydrogen) atoms. The number of aromatic amines is 1. The smallest absolute Gasteiger partial charge is 0.0953 e. The number of pyridine rings is 1. The molecule has 0 fully saturated rings. The molecule has 0 aromatic carbocycles. The molecule has 2 aromatic rings.